The van der Waals surface area contributed by atoms with Crippen molar-refractivity contribution in [1.82, 2.24) is 0 Å². The number of rotatable bonds is 2. The van der Waals surface area contributed by atoms with Crippen LogP contribution in [0.25, 0.3) is 0 Å². The number of carbonyl (C=O) groups is 1. The molecule has 0 aliphatic heterocycles. The molecular weight excluding hydrogens is 206 g/mol. The van der Waals surface area contributed by atoms with E-state index in [1.165, 1.54) is 13.0 Å². The first-order valence-electron chi connectivity index (χ1n) is 4.18. The Morgan fingerprint density at radius 2 is 2.07 bits per heavy atom. The summed E-state index contributed by atoms with van der Waals surface area (Å²) in [6.07, 6.45) is -1.59. The molecule has 0 radical (unpaired) electrons. The van der Waals surface area contributed by atoms with Crippen molar-refractivity contribution >= 4 is 5.97 Å². The number of aliphatic hydroxyl groups is 1. The molecule has 0 saturated carbocycles. The molecule has 3 nitrogen and oxygen atoms in total. The molecule has 15 heavy (non-hydrogen) atoms. The Labute approximate surface area is 85.3 Å². The molecule has 1 rings (SSSR count). The van der Waals surface area contributed by atoms with Crippen molar-refractivity contribution in [3.05, 3.63) is 34.9 Å². The molecule has 0 aliphatic carbocycles. The summed E-state index contributed by atoms with van der Waals surface area (Å²) in [5.41, 5.74) is -0.00815. The predicted octanol–water partition coefficient (Wildman–Crippen LogP) is 1.48. The third kappa shape index (κ3) is 2.30. The van der Waals surface area contributed by atoms with Gasteiger partial charge in [0.15, 0.2) is 17.7 Å². The van der Waals surface area contributed by atoms with Crippen LogP contribution in [-0.2, 0) is 9.53 Å². The van der Waals surface area contributed by atoms with Gasteiger partial charge in [-0.2, -0.15) is 0 Å². The SMILES string of the molecule is COC(=O)C(O)c1cc(C)c(F)c(F)c1. The molecular formula is C10H10F2O3. The van der Waals surface area contributed by atoms with E-state index in [2.05, 4.69) is 4.74 Å². The Morgan fingerprint density at radius 3 is 2.53 bits per heavy atom. The third-order valence-electron chi connectivity index (χ3n) is 1.97. The smallest absolute Gasteiger partial charge is 0.339 e. The second kappa shape index (κ2) is 4.35. The minimum absolute atomic E-state index is 0.0213. The third-order valence-corrected chi connectivity index (χ3v) is 1.97. The number of aliphatic hydroxyl groups excluding tert-OH is 1. The standard InChI is InChI=1S/C10H10F2O3/c1-5-3-6(4-7(11)8(5)12)9(13)10(14)15-2/h3-4,9,13H,1-2H3. The van der Waals surface area contributed by atoms with Crippen LogP contribution in [0.15, 0.2) is 12.1 Å². The minimum Gasteiger partial charge on any atom is -0.467 e. The van der Waals surface area contributed by atoms with Gasteiger partial charge in [0.2, 0.25) is 0 Å². The van der Waals surface area contributed by atoms with Crippen LogP contribution >= 0.6 is 0 Å². The minimum atomic E-state index is -1.59. The highest BCUT2D eigenvalue weighted by molar-refractivity contribution is 5.76. The Hall–Kier alpha value is -1.49. The molecule has 1 atom stereocenters. The van der Waals surface area contributed by atoms with E-state index in [4.69, 9.17) is 0 Å². The van der Waals surface area contributed by atoms with Crippen molar-refractivity contribution in [1.29, 1.82) is 0 Å². The molecule has 0 fully saturated rings. The van der Waals surface area contributed by atoms with Gasteiger partial charge in [0, 0.05) is 0 Å². The predicted molar refractivity (Wildman–Crippen MR) is 48.1 cm³/mol. The molecule has 1 unspecified atom stereocenters. The maximum atomic E-state index is 12.9. The van der Waals surface area contributed by atoms with Crippen molar-refractivity contribution < 1.29 is 23.4 Å². The van der Waals surface area contributed by atoms with Crippen LogP contribution in [0.5, 0.6) is 0 Å². The van der Waals surface area contributed by atoms with Crippen molar-refractivity contribution in [3.63, 3.8) is 0 Å². The number of ether oxygens (including phenoxy) is 1. The lowest BCUT2D eigenvalue weighted by Gasteiger charge is -2.10. The van der Waals surface area contributed by atoms with Crippen LogP contribution in [0.4, 0.5) is 8.78 Å². The zero-order valence-corrected chi connectivity index (χ0v) is 8.25. The van der Waals surface area contributed by atoms with Crippen LogP contribution in [0.1, 0.15) is 17.2 Å². The molecule has 0 saturated heterocycles. The summed E-state index contributed by atoms with van der Waals surface area (Å²) < 4.78 is 30.1. The number of carbonyl (C=O) groups excluding carboxylic acids is 1. The first-order chi connectivity index (χ1) is 6.97. The summed E-state index contributed by atoms with van der Waals surface area (Å²) >= 11 is 0. The summed E-state index contributed by atoms with van der Waals surface area (Å²) in [5, 5.41) is 9.37. The zero-order valence-electron chi connectivity index (χ0n) is 8.25. The van der Waals surface area contributed by atoms with Crippen LogP contribution in [0, 0.1) is 18.6 Å². The number of hydrogen-bond acceptors (Lipinski definition) is 3. The second-order valence-corrected chi connectivity index (χ2v) is 3.06. The quantitative estimate of drug-likeness (QED) is 0.761. The normalized spacial score (nSPS) is 12.3. The first-order valence-corrected chi connectivity index (χ1v) is 4.18. The number of benzene rings is 1. The van der Waals surface area contributed by atoms with Crippen molar-refractivity contribution in [2.75, 3.05) is 7.11 Å². The maximum Gasteiger partial charge on any atom is 0.339 e. The number of methoxy groups -OCH3 is 1. The van der Waals surface area contributed by atoms with Gasteiger partial charge >= 0.3 is 5.97 Å². The summed E-state index contributed by atoms with van der Waals surface area (Å²) in [7, 11) is 1.10. The van der Waals surface area contributed by atoms with Crippen LogP contribution in [0.2, 0.25) is 0 Å². The van der Waals surface area contributed by atoms with E-state index >= 15 is 0 Å². The highest BCUT2D eigenvalue weighted by atomic mass is 19.2. The lowest BCUT2D eigenvalue weighted by atomic mass is 10.1. The molecule has 0 aliphatic rings. The molecule has 0 bridgehead atoms. The number of hydrogen-bond donors (Lipinski definition) is 1. The molecule has 82 valence electrons. The van der Waals surface area contributed by atoms with Gasteiger partial charge < -0.3 is 9.84 Å². The van der Waals surface area contributed by atoms with Crippen LogP contribution in [-0.4, -0.2) is 18.2 Å². The molecule has 1 aromatic carbocycles. The van der Waals surface area contributed by atoms with Gasteiger partial charge in [0.25, 0.3) is 0 Å². The molecule has 1 N–H and O–H groups in total. The Balaban J connectivity index is 3.11. The van der Waals surface area contributed by atoms with Crippen molar-refractivity contribution in [3.8, 4) is 0 Å². The average Bonchev–Trinajstić information content (AvgIpc) is 2.23. The average molecular weight is 216 g/mol. The molecule has 0 heterocycles. The lowest BCUT2D eigenvalue weighted by molar-refractivity contribution is -0.150. The largest absolute Gasteiger partial charge is 0.467 e. The fourth-order valence-electron chi connectivity index (χ4n) is 1.16. The Morgan fingerprint density at radius 1 is 1.47 bits per heavy atom. The Bertz CT molecular complexity index is 367. The summed E-state index contributed by atoms with van der Waals surface area (Å²) in [6, 6.07) is 1.96. The van der Waals surface area contributed by atoms with Gasteiger partial charge in [-0.25, -0.2) is 13.6 Å². The monoisotopic (exact) mass is 216 g/mol. The number of aryl methyl sites for hydroxylation is 1. The summed E-state index contributed by atoms with van der Waals surface area (Å²) in [6.45, 7) is 1.34. The van der Waals surface area contributed by atoms with Crippen molar-refractivity contribution in [2.24, 2.45) is 0 Å². The highest BCUT2D eigenvalue weighted by Crippen LogP contribution is 2.20. The fourth-order valence-corrected chi connectivity index (χ4v) is 1.16. The first kappa shape index (κ1) is 11.6. The Kier molecular flexibility index (Phi) is 3.36. The van der Waals surface area contributed by atoms with Gasteiger partial charge in [-0.3, -0.25) is 0 Å². The second-order valence-electron chi connectivity index (χ2n) is 3.06. The summed E-state index contributed by atoms with van der Waals surface area (Å²) in [5.74, 6) is -3.01. The van der Waals surface area contributed by atoms with E-state index in [0.717, 1.165) is 13.2 Å². The molecule has 0 amide bonds. The fraction of sp³-hybridized carbons (Fsp3) is 0.300. The molecule has 0 aromatic heterocycles. The molecule has 5 heteroatoms. The number of esters is 1. The highest BCUT2D eigenvalue weighted by Gasteiger charge is 2.20. The van der Waals surface area contributed by atoms with Gasteiger partial charge in [-0.15, -0.1) is 0 Å². The maximum absolute atomic E-state index is 12.9. The lowest BCUT2D eigenvalue weighted by Crippen LogP contribution is -2.14. The van der Waals surface area contributed by atoms with E-state index in [1.807, 2.05) is 0 Å². The van der Waals surface area contributed by atoms with Gasteiger partial charge in [0.05, 0.1) is 7.11 Å². The van der Waals surface area contributed by atoms with Gasteiger partial charge in [0.1, 0.15) is 0 Å². The van der Waals surface area contributed by atoms with E-state index in [0.29, 0.717) is 0 Å². The van der Waals surface area contributed by atoms with E-state index in [1.54, 1.807) is 0 Å². The van der Waals surface area contributed by atoms with Crippen LogP contribution < -0.4 is 0 Å². The van der Waals surface area contributed by atoms with Crippen molar-refractivity contribution in [2.45, 2.75) is 13.0 Å². The zero-order chi connectivity index (χ0) is 11.6. The van der Waals surface area contributed by atoms with Crippen LogP contribution in [0.3, 0.4) is 0 Å². The van der Waals surface area contributed by atoms with E-state index < -0.39 is 23.7 Å². The molecule has 0 spiro atoms. The topological polar surface area (TPSA) is 46.5 Å². The van der Waals surface area contributed by atoms with Gasteiger partial charge in [-0.1, -0.05) is 0 Å². The van der Waals surface area contributed by atoms with E-state index in [9.17, 15) is 18.7 Å². The van der Waals surface area contributed by atoms with Gasteiger partial charge in [-0.05, 0) is 30.2 Å². The summed E-state index contributed by atoms with van der Waals surface area (Å²) in [4.78, 5) is 10.9. The van der Waals surface area contributed by atoms with E-state index in [-0.39, 0.29) is 11.1 Å². The number of halogens is 2. The molecule has 1 aromatic rings.